The summed E-state index contributed by atoms with van der Waals surface area (Å²) >= 11 is 0. The molecule has 2 aliphatic heterocycles. The Kier molecular flexibility index (Phi) is 3.54. The van der Waals surface area contributed by atoms with E-state index >= 15 is 0 Å². The van der Waals surface area contributed by atoms with Gasteiger partial charge in [0.25, 0.3) is 0 Å². The number of halogens is 2. The summed E-state index contributed by atoms with van der Waals surface area (Å²) in [7, 11) is 0. The van der Waals surface area contributed by atoms with Crippen molar-refractivity contribution >= 4 is 11.5 Å². The number of aryl methyl sites for hydroxylation is 1. The van der Waals surface area contributed by atoms with Gasteiger partial charge in [0.1, 0.15) is 12.1 Å². The van der Waals surface area contributed by atoms with E-state index in [2.05, 4.69) is 27.1 Å². The Morgan fingerprint density at radius 3 is 2.73 bits per heavy atom. The van der Waals surface area contributed by atoms with Crippen molar-refractivity contribution in [2.24, 2.45) is 0 Å². The van der Waals surface area contributed by atoms with Crippen LogP contribution in [0.5, 0.6) is 0 Å². The van der Waals surface area contributed by atoms with Crippen LogP contribution >= 0.6 is 0 Å². The van der Waals surface area contributed by atoms with E-state index < -0.39 is 11.6 Å². The van der Waals surface area contributed by atoms with Crippen LogP contribution in [0.2, 0.25) is 0 Å². The minimum Gasteiger partial charge on any atom is -0.325 e. The summed E-state index contributed by atoms with van der Waals surface area (Å²) in [6, 6.07) is 2.77. The summed E-state index contributed by atoms with van der Waals surface area (Å²) in [5, 5.41) is 3.38. The van der Waals surface area contributed by atoms with Gasteiger partial charge in [-0.1, -0.05) is 6.92 Å². The zero-order valence-electron chi connectivity index (χ0n) is 14.9. The van der Waals surface area contributed by atoms with Crippen molar-refractivity contribution in [1.82, 2.24) is 15.3 Å². The van der Waals surface area contributed by atoms with Gasteiger partial charge in [-0.3, -0.25) is 0 Å². The molecule has 4 nitrogen and oxygen atoms in total. The van der Waals surface area contributed by atoms with Gasteiger partial charge in [0, 0.05) is 35.0 Å². The average molecular weight is 356 g/mol. The number of hydrogen-bond donors (Lipinski definition) is 1. The molecule has 0 bridgehead atoms. The lowest BCUT2D eigenvalue weighted by atomic mass is 9.75. The molecule has 1 atom stereocenters. The molecule has 0 amide bonds. The van der Waals surface area contributed by atoms with Gasteiger partial charge in [-0.15, -0.1) is 0 Å². The zero-order valence-corrected chi connectivity index (χ0v) is 14.9. The fourth-order valence-electron chi connectivity index (χ4n) is 5.02. The molecule has 0 radical (unpaired) electrons. The molecule has 1 aromatic heterocycles. The number of anilines is 2. The Balaban J connectivity index is 1.69. The van der Waals surface area contributed by atoms with E-state index in [-0.39, 0.29) is 5.41 Å². The van der Waals surface area contributed by atoms with Gasteiger partial charge in [0.05, 0.1) is 0 Å². The van der Waals surface area contributed by atoms with Crippen molar-refractivity contribution in [3.8, 4) is 0 Å². The highest BCUT2D eigenvalue weighted by atomic mass is 19.2. The summed E-state index contributed by atoms with van der Waals surface area (Å²) in [4.78, 5) is 11.2. The average Bonchev–Trinajstić information content (AvgIpc) is 3.16. The van der Waals surface area contributed by atoms with Crippen LogP contribution in [0.25, 0.3) is 0 Å². The minimum atomic E-state index is -0.793. The number of aromatic nitrogens is 2. The van der Waals surface area contributed by atoms with Crippen LogP contribution in [-0.4, -0.2) is 29.6 Å². The maximum absolute atomic E-state index is 14.1. The largest absolute Gasteiger partial charge is 0.325 e. The Bertz CT molecular complexity index is 876. The van der Waals surface area contributed by atoms with Gasteiger partial charge >= 0.3 is 0 Å². The Morgan fingerprint density at radius 2 is 1.92 bits per heavy atom. The van der Waals surface area contributed by atoms with Gasteiger partial charge in [-0.2, -0.15) is 0 Å². The van der Waals surface area contributed by atoms with Gasteiger partial charge in [0.2, 0.25) is 0 Å². The molecule has 2 aromatic rings. The lowest BCUT2D eigenvalue weighted by Gasteiger charge is -2.35. The Morgan fingerprint density at radius 1 is 1.15 bits per heavy atom. The maximum Gasteiger partial charge on any atom is 0.160 e. The standard InChI is InChI=1S/C20H22F2N4/c1-12-2-3-16-18(12)19(25-11-24-16)26-10-20(4-6-23-7-5-20)13-8-14(21)15(22)9-17(13)26/h8-9,11-12,23H,2-7,10H2,1H3/t12-/m1/s1. The molecule has 3 aliphatic rings. The summed E-state index contributed by atoms with van der Waals surface area (Å²) < 4.78 is 28.2. The van der Waals surface area contributed by atoms with E-state index in [0.717, 1.165) is 68.1 Å². The number of benzene rings is 1. The quantitative estimate of drug-likeness (QED) is 0.848. The topological polar surface area (TPSA) is 41.1 Å². The number of nitrogens with zero attached hydrogens (tertiary/aromatic N) is 3. The molecule has 0 unspecified atom stereocenters. The molecule has 1 N–H and O–H groups in total. The molecule has 1 aliphatic carbocycles. The second kappa shape index (κ2) is 5.71. The van der Waals surface area contributed by atoms with Crippen LogP contribution in [0.1, 0.15) is 48.9 Å². The van der Waals surface area contributed by atoms with Crippen LogP contribution in [-0.2, 0) is 11.8 Å². The maximum atomic E-state index is 14.1. The molecule has 136 valence electrons. The van der Waals surface area contributed by atoms with Crippen molar-refractivity contribution in [2.75, 3.05) is 24.5 Å². The number of nitrogens with one attached hydrogen (secondary N) is 1. The third-order valence-electron chi connectivity index (χ3n) is 6.43. The second-order valence-corrected chi connectivity index (χ2v) is 7.90. The number of hydrogen-bond acceptors (Lipinski definition) is 4. The summed E-state index contributed by atoms with van der Waals surface area (Å²) in [5.41, 5.74) is 3.82. The highest BCUT2D eigenvalue weighted by Crippen LogP contribution is 2.51. The van der Waals surface area contributed by atoms with Gasteiger partial charge < -0.3 is 10.2 Å². The smallest absolute Gasteiger partial charge is 0.160 e. The molecule has 1 saturated heterocycles. The second-order valence-electron chi connectivity index (χ2n) is 7.90. The molecule has 0 saturated carbocycles. The first kappa shape index (κ1) is 16.1. The molecule has 3 heterocycles. The highest BCUT2D eigenvalue weighted by Gasteiger charge is 2.46. The summed E-state index contributed by atoms with van der Waals surface area (Å²) in [6.07, 6.45) is 5.47. The van der Waals surface area contributed by atoms with Gasteiger partial charge in [-0.05, 0) is 56.3 Å². The van der Waals surface area contributed by atoms with Crippen molar-refractivity contribution < 1.29 is 8.78 Å². The van der Waals surface area contributed by atoms with Crippen LogP contribution in [0.3, 0.4) is 0 Å². The lowest BCUT2D eigenvalue weighted by molar-refractivity contribution is 0.328. The zero-order chi connectivity index (χ0) is 17.9. The fraction of sp³-hybridized carbons (Fsp3) is 0.500. The minimum absolute atomic E-state index is 0.144. The Labute approximate surface area is 151 Å². The van der Waals surface area contributed by atoms with Crippen LogP contribution in [0, 0.1) is 11.6 Å². The van der Waals surface area contributed by atoms with E-state index in [9.17, 15) is 8.78 Å². The Hall–Kier alpha value is -2.08. The summed E-state index contributed by atoms with van der Waals surface area (Å²) in [6.45, 7) is 4.71. The van der Waals surface area contributed by atoms with Crippen LogP contribution < -0.4 is 10.2 Å². The first-order valence-electron chi connectivity index (χ1n) is 9.41. The van der Waals surface area contributed by atoms with Crippen molar-refractivity contribution in [3.05, 3.63) is 46.9 Å². The van der Waals surface area contributed by atoms with Gasteiger partial charge in [-0.25, -0.2) is 18.7 Å². The van der Waals surface area contributed by atoms with Crippen LogP contribution in [0.15, 0.2) is 18.5 Å². The first-order valence-corrected chi connectivity index (χ1v) is 9.41. The predicted molar refractivity (Wildman–Crippen MR) is 95.9 cm³/mol. The normalized spacial score (nSPS) is 23.3. The van der Waals surface area contributed by atoms with Crippen molar-refractivity contribution in [2.45, 2.75) is 43.9 Å². The molecular weight excluding hydrogens is 334 g/mol. The molecule has 6 heteroatoms. The van der Waals surface area contributed by atoms with E-state index in [1.54, 1.807) is 6.33 Å². The lowest BCUT2D eigenvalue weighted by Crippen LogP contribution is -2.42. The molecule has 1 fully saturated rings. The third kappa shape index (κ3) is 2.21. The fourth-order valence-corrected chi connectivity index (χ4v) is 5.02. The first-order chi connectivity index (χ1) is 12.6. The van der Waals surface area contributed by atoms with E-state index in [1.807, 2.05) is 0 Å². The molecule has 5 rings (SSSR count). The van der Waals surface area contributed by atoms with E-state index in [0.29, 0.717) is 5.92 Å². The molecular formula is C20H22F2N4. The monoisotopic (exact) mass is 356 g/mol. The van der Waals surface area contributed by atoms with Crippen molar-refractivity contribution in [1.29, 1.82) is 0 Å². The third-order valence-corrected chi connectivity index (χ3v) is 6.43. The highest BCUT2D eigenvalue weighted by molar-refractivity contribution is 5.73. The number of fused-ring (bicyclic) bond motifs is 3. The van der Waals surface area contributed by atoms with E-state index in [1.165, 1.54) is 17.7 Å². The predicted octanol–water partition coefficient (Wildman–Crippen LogP) is 3.58. The van der Waals surface area contributed by atoms with Crippen molar-refractivity contribution in [3.63, 3.8) is 0 Å². The summed E-state index contributed by atoms with van der Waals surface area (Å²) in [5.74, 6) is -0.287. The molecule has 1 spiro atoms. The van der Waals surface area contributed by atoms with Crippen LogP contribution in [0.4, 0.5) is 20.3 Å². The molecule has 26 heavy (non-hydrogen) atoms. The van der Waals surface area contributed by atoms with E-state index in [4.69, 9.17) is 0 Å². The SMILES string of the molecule is C[C@@H]1CCc2ncnc(N3CC4(CCNCC4)c4cc(F)c(F)cc43)c21. The number of rotatable bonds is 1. The number of piperidine rings is 1. The van der Waals surface area contributed by atoms with Gasteiger partial charge in [0.15, 0.2) is 11.6 Å². The molecule has 1 aromatic carbocycles.